The molecule has 2 rings (SSSR count). The molecule has 1 aliphatic heterocycles. The van der Waals surface area contributed by atoms with Crippen LogP contribution in [0.1, 0.15) is 32.4 Å². The minimum atomic E-state index is -0.805. The molecule has 2 N–H and O–H groups in total. The number of benzene rings is 1. The van der Waals surface area contributed by atoms with Crippen molar-refractivity contribution in [1.82, 2.24) is 5.32 Å². The molecule has 112 valence electrons. The van der Waals surface area contributed by atoms with Gasteiger partial charge in [-0.1, -0.05) is 0 Å². The zero-order chi connectivity index (χ0) is 15.6. The second kappa shape index (κ2) is 5.62. The summed E-state index contributed by atoms with van der Waals surface area (Å²) in [6.07, 6.45) is 0.922. The molecule has 1 aliphatic rings. The second-order valence-electron chi connectivity index (χ2n) is 5.47. The van der Waals surface area contributed by atoms with E-state index >= 15 is 0 Å². The van der Waals surface area contributed by atoms with E-state index in [1.807, 2.05) is 26.0 Å². The highest BCUT2D eigenvalue weighted by molar-refractivity contribution is 5.81. The molecule has 6 nitrogen and oxygen atoms in total. The van der Waals surface area contributed by atoms with Gasteiger partial charge in [0.2, 0.25) is 6.19 Å². The number of aliphatic hydroxyl groups excluding tert-OH is 1. The molecular weight excluding hydrogens is 270 g/mol. The highest BCUT2D eigenvalue weighted by Gasteiger charge is 2.43. The molecule has 1 heterocycles. The SMILES string of the molecule is COc1ccc2c(c1)[C@@H](NC(C)=NC#N)[C@H](O)C(C)(C)O2. The predicted molar refractivity (Wildman–Crippen MR) is 78.3 cm³/mol. The summed E-state index contributed by atoms with van der Waals surface area (Å²) in [5.74, 6) is 1.78. The Bertz CT molecular complexity index is 605. The van der Waals surface area contributed by atoms with Crippen molar-refractivity contribution in [3.05, 3.63) is 23.8 Å². The van der Waals surface area contributed by atoms with Gasteiger partial charge in [-0.3, -0.25) is 0 Å². The molecule has 0 amide bonds. The lowest BCUT2D eigenvalue weighted by molar-refractivity contribution is -0.0611. The molecule has 0 unspecified atom stereocenters. The quantitative estimate of drug-likeness (QED) is 0.492. The summed E-state index contributed by atoms with van der Waals surface area (Å²) in [7, 11) is 1.58. The van der Waals surface area contributed by atoms with Gasteiger partial charge in [-0.2, -0.15) is 10.3 Å². The lowest BCUT2D eigenvalue weighted by Crippen LogP contribution is -2.53. The Kier molecular flexibility index (Phi) is 4.05. The Morgan fingerprint density at radius 3 is 2.86 bits per heavy atom. The Labute approximate surface area is 124 Å². The van der Waals surface area contributed by atoms with Gasteiger partial charge in [-0.05, 0) is 39.0 Å². The van der Waals surface area contributed by atoms with Crippen molar-refractivity contribution in [2.24, 2.45) is 4.99 Å². The molecule has 0 aliphatic carbocycles. The van der Waals surface area contributed by atoms with Gasteiger partial charge in [-0.25, -0.2) is 0 Å². The standard InChI is InChI=1S/C15H19N3O3/c1-9(17-8-16)18-13-11-7-10(20-4)5-6-12(11)21-15(2,3)14(13)19/h5-7,13-14,19H,1-4H3,(H,17,18)/t13-,14+/m1/s1. The van der Waals surface area contributed by atoms with Gasteiger partial charge >= 0.3 is 0 Å². The number of nitrogens with zero attached hydrogens (tertiary/aromatic N) is 2. The number of nitrogens with one attached hydrogen (secondary N) is 1. The van der Waals surface area contributed by atoms with E-state index in [2.05, 4.69) is 10.3 Å². The molecule has 0 aromatic heterocycles. The van der Waals surface area contributed by atoms with Crippen LogP contribution in [0.15, 0.2) is 23.2 Å². The summed E-state index contributed by atoms with van der Waals surface area (Å²) in [5, 5.41) is 22.3. The monoisotopic (exact) mass is 289 g/mol. The van der Waals surface area contributed by atoms with Gasteiger partial charge in [0.15, 0.2) is 0 Å². The van der Waals surface area contributed by atoms with Crippen LogP contribution in [0, 0.1) is 11.5 Å². The van der Waals surface area contributed by atoms with E-state index in [4.69, 9.17) is 14.7 Å². The van der Waals surface area contributed by atoms with Crippen molar-refractivity contribution in [1.29, 1.82) is 5.26 Å². The summed E-state index contributed by atoms with van der Waals surface area (Å²) in [6, 6.07) is 4.99. The predicted octanol–water partition coefficient (Wildman–Crippen LogP) is 1.76. The van der Waals surface area contributed by atoms with E-state index in [9.17, 15) is 5.11 Å². The highest BCUT2D eigenvalue weighted by Crippen LogP contribution is 2.41. The summed E-state index contributed by atoms with van der Waals surface area (Å²) >= 11 is 0. The van der Waals surface area contributed by atoms with Crippen molar-refractivity contribution in [3.8, 4) is 17.7 Å². The smallest absolute Gasteiger partial charge is 0.207 e. The first-order valence-corrected chi connectivity index (χ1v) is 6.64. The van der Waals surface area contributed by atoms with E-state index in [0.717, 1.165) is 5.56 Å². The number of amidine groups is 1. The maximum Gasteiger partial charge on any atom is 0.207 e. The molecule has 0 saturated heterocycles. The van der Waals surface area contributed by atoms with E-state index in [-0.39, 0.29) is 0 Å². The van der Waals surface area contributed by atoms with Crippen LogP contribution in [0.5, 0.6) is 11.5 Å². The average molecular weight is 289 g/mol. The zero-order valence-corrected chi connectivity index (χ0v) is 12.5. The Balaban J connectivity index is 2.46. The van der Waals surface area contributed by atoms with E-state index in [0.29, 0.717) is 17.3 Å². The molecule has 6 heteroatoms. The fourth-order valence-electron chi connectivity index (χ4n) is 2.39. The third-order valence-corrected chi connectivity index (χ3v) is 3.54. The molecule has 1 aromatic rings. The van der Waals surface area contributed by atoms with Crippen molar-refractivity contribution in [3.63, 3.8) is 0 Å². The topological polar surface area (TPSA) is 86.9 Å². The minimum Gasteiger partial charge on any atom is -0.497 e. The lowest BCUT2D eigenvalue weighted by atomic mass is 9.86. The molecule has 0 saturated carbocycles. The number of rotatable bonds is 2. The first-order chi connectivity index (χ1) is 9.89. The molecule has 0 spiro atoms. The van der Waals surface area contributed by atoms with Gasteiger partial charge in [0.25, 0.3) is 0 Å². The van der Waals surface area contributed by atoms with Gasteiger partial charge in [0.05, 0.1) is 13.2 Å². The van der Waals surface area contributed by atoms with Crippen LogP contribution in [0.25, 0.3) is 0 Å². The summed E-state index contributed by atoms with van der Waals surface area (Å²) in [6.45, 7) is 5.31. The molecule has 0 fully saturated rings. The summed E-state index contributed by atoms with van der Waals surface area (Å²) in [5.41, 5.74) is 0.0142. The molecule has 0 radical (unpaired) electrons. The molecule has 1 aromatic carbocycles. The van der Waals surface area contributed by atoms with E-state index in [1.165, 1.54) is 0 Å². The van der Waals surface area contributed by atoms with Gasteiger partial charge in [0, 0.05) is 5.56 Å². The number of methoxy groups -OCH3 is 1. The van der Waals surface area contributed by atoms with E-state index in [1.54, 1.807) is 26.3 Å². The van der Waals surface area contributed by atoms with Crippen LogP contribution in [0.4, 0.5) is 0 Å². The summed E-state index contributed by atoms with van der Waals surface area (Å²) in [4.78, 5) is 3.64. The number of fused-ring (bicyclic) bond motifs is 1. The number of ether oxygens (including phenoxy) is 2. The van der Waals surface area contributed by atoms with Crippen LogP contribution < -0.4 is 14.8 Å². The number of aliphatic imine (C=N–C) groups is 1. The average Bonchev–Trinajstić information content (AvgIpc) is 2.43. The number of nitriles is 1. The van der Waals surface area contributed by atoms with Crippen LogP contribution in [0.2, 0.25) is 0 Å². The normalized spacial score (nSPS) is 23.5. The van der Waals surface area contributed by atoms with Crippen molar-refractivity contribution in [2.45, 2.75) is 38.5 Å². The summed E-state index contributed by atoms with van der Waals surface area (Å²) < 4.78 is 11.1. The van der Waals surface area contributed by atoms with Crippen LogP contribution in [0.3, 0.4) is 0 Å². The van der Waals surface area contributed by atoms with Crippen molar-refractivity contribution >= 4 is 5.84 Å². The fraction of sp³-hybridized carbons (Fsp3) is 0.467. The number of aliphatic hydroxyl groups is 1. The first kappa shape index (κ1) is 15.1. The van der Waals surface area contributed by atoms with E-state index < -0.39 is 17.7 Å². The lowest BCUT2D eigenvalue weighted by Gasteiger charge is -2.42. The Hall–Kier alpha value is -2.26. The molecule has 2 atom stereocenters. The van der Waals surface area contributed by atoms with Crippen LogP contribution >= 0.6 is 0 Å². The van der Waals surface area contributed by atoms with Crippen molar-refractivity contribution < 1.29 is 14.6 Å². The molecule has 0 bridgehead atoms. The first-order valence-electron chi connectivity index (χ1n) is 6.64. The van der Waals surface area contributed by atoms with Crippen LogP contribution in [-0.4, -0.2) is 29.8 Å². The zero-order valence-electron chi connectivity index (χ0n) is 12.5. The Morgan fingerprint density at radius 1 is 1.52 bits per heavy atom. The van der Waals surface area contributed by atoms with Crippen LogP contribution in [-0.2, 0) is 0 Å². The molecular formula is C15H19N3O3. The third-order valence-electron chi connectivity index (χ3n) is 3.54. The fourth-order valence-corrected chi connectivity index (χ4v) is 2.39. The van der Waals surface area contributed by atoms with Gasteiger partial charge in [0.1, 0.15) is 29.0 Å². The number of hydrogen-bond acceptors (Lipinski definition) is 5. The number of hydrogen-bond donors (Lipinski definition) is 2. The molecule has 21 heavy (non-hydrogen) atoms. The highest BCUT2D eigenvalue weighted by atomic mass is 16.5. The largest absolute Gasteiger partial charge is 0.497 e. The van der Waals surface area contributed by atoms with Gasteiger partial charge < -0.3 is 19.9 Å². The van der Waals surface area contributed by atoms with Gasteiger partial charge in [-0.15, -0.1) is 0 Å². The van der Waals surface area contributed by atoms with Crippen molar-refractivity contribution in [2.75, 3.05) is 7.11 Å². The maximum absolute atomic E-state index is 10.6. The maximum atomic E-state index is 10.6. The Morgan fingerprint density at radius 2 is 2.24 bits per heavy atom. The second-order valence-corrected chi connectivity index (χ2v) is 5.47. The minimum absolute atomic E-state index is 0.434. The third kappa shape index (κ3) is 2.93.